The van der Waals surface area contributed by atoms with Gasteiger partial charge in [0.1, 0.15) is 6.73 Å². The fraction of sp³-hybridized carbons (Fsp3) is 0.769. The van der Waals surface area contributed by atoms with E-state index in [0.717, 1.165) is 0 Å². The molecular weight excluding hydrogens is 328 g/mol. The van der Waals surface area contributed by atoms with Gasteiger partial charge in [0.2, 0.25) is 5.91 Å². The third-order valence-electron chi connectivity index (χ3n) is 2.85. The van der Waals surface area contributed by atoms with E-state index in [0.29, 0.717) is 5.75 Å². The normalized spacial score (nSPS) is 16.4. The fourth-order valence-corrected chi connectivity index (χ4v) is 3.47. The van der Waals surface area contributed by atoms with Crippen LogP contribution in [0.3, 0.4) is 0 Å². The molecule has 0 saturated heterocycles. The highest BCUT2D eigenvalue weighted by molar-refractivity contribution is 8.00. The first-order valence-corrected chi connectivity index (χ1v) is 9.00. The minimum absolute atomic E-state index is 0.0216. The third kappa shape index (κ3) is 8.74. The highest BCUT2D eigenvalue weighted by Crippen LogP contribution is 2.34. The molecular formula is C13H24N2O5S2. The van der Waals surface area contributed by atoms with E-state index in [1.165, 1.54) is 23.5 Å². The summed E-state index contributed by atoms with van der Waals surface area (Å²) < 4.78 is 3.88. The summed E-state index contributed by atoms with van der Waals surface area (Å²) in [7, 11) is 0. The van der Waals surface area contributed by atoms with Gasteiger partial charge in [0.15, 0.2) is 0 Å². The van der Waals surface area contributed by atoms with Crippen LogP contribution in [-0.4, -0.2) is 70.3 Å². The average molecular weight is 352 g/mol. The predicted molar refractivity (Wildman–Crippen MR) is 90.2 cm³/mol. The summed E-state index contributed by atoms with van der Waals surface area (Å²) in [5, 5.41) is 19.6. The van der Waals surface area contributed by atoms with Crippen molar-refractivity contribution >= 4 is 42.1 Å². The lowest BCUT2D eigenvalue weighted by atomic mass is 10.0. The van der Waals surface area contributed by atoms with Crippen molar-refractivity contribution in [2.24, 2.45) is 10.7 Å². The molecule has 0 aromatic rings. The number of carbonyl (C=O) groups is 2. The molecule has 0 aliphatic carbocycles. The first-order valence-electron chi connectivity index (χ1n) is 6.62. The number of rotatable bonds is 11. The maximum Gasteiger partial charge on any atom is 0.308 e. The summed E-state index contributed by atoms with van der Waals surface area (Å²) in [4.78, 5) is 26.5. The molecule has 0 rings (SSSR count). The molecule has 7 nitrogen and oxygen atoms in total. The molecule has 0 bridgehead atoms. The third-order valence-corrected chi connectivity index (χ3v) is 5.02. The summed E-state index contributed by atoms with van der Waals surface area (Å²) in [5.74, 6) is -0.400. The van der Waals surface area contributed by atoms with Gasteiger partial charge in [0, 0.05) is 22.7 Å². The van der Waals surface area contributed by atoms with Gasteiger partial charge in [-0.15, -0.1) is 0 Å². The standard InChI is InChI=1S/C13H24N2O5S2/c1-13(4-11(18)15-2,5-12(19)20-8-14)22-7-10(17)9(16)6-21-3/h9-10,16-17H,2,4-8,14H2,1,3H3. The van der Waals surface area contributed by atoms with Gasteiger partial charge in [-0.2, -0.15) is 23.5 Å². The molecule has 0 aliphatic heterocycles. The summed E-state index contributed by atoms with van der Waals surface area (Å²) >= 11 is 2.63. The molecule has 0 radical (unpaired) electrons. The van der Waals surface area contributed by atoms with Gasteiger partial charge in [0.05, 0.1) is 18.6 Å². The number of thioether (sulfide) groups is 2. The molecule has 3 atom stereocenters. The molecule has 128 valence electrons. The summed E-state index contributed by atoms with van der Waals surface area (Å²) in [6.45, 7) is 4.64. The molecule has 0 saturated carbocycles. The van der Waals surface area contributed by atoms with E-state index < -0.39 is 28.8 Å². The Morgan fingerprint density at radius 3 is 2.41 bits per heavy atom. The predicted octanol–water partition coefficient (Wildman–Crippen LogP) is 0.0299. The molecule has 4 N–H and O–H groups in total. The number of carbonyl (C=O) groups excluding carboxylic acids is 2. The molecule has 0 aromatic carbocycles. The van der Waals surface area contributed by atoms with Gasteiger partial charge in [-0.25, -0.2) is 4.99 Å². The SMILES string of the molecule is C=NC(=O)CC(C)(CC(=O)OCN)SCC(O)C(O)CSC. The summed E-state index contributed by atoms with van der Waals surface area (Å²) in [6, 6.07) is 0. The van der Waals surface area contributed by atoms with Crippen molar-refractivity contribution in [2.45, 2.75) is 36.7 Å². The fourth-order valence-electron chi connectivity index (χ4n) is 1.67. The van der Waals surface area contributed by atoms with Gasteiger partial charge in [-0.1, -0.05) is 0 Å². The van der Waals surface area contributed by atoms with Gasteiger partial charge < -0.3 is 14.9 Å². The minimum Gasteiger partial charge on any atom is -0.450 e. The van der Waals surface area contributed by atoms with Crippen molar-refractivity contribution < 1.29 is 24.5 Å². The van der Waals surface area contributed by atoms with Gasteiger partial charge in [-0.3, -0.25) is 15.3 Å². The Morgan fingerprint density at radius 2 is 1.91 bits per heavy atom. The van der Waals surface area contributed by atoms with E-state index in [-0.39, 0.29) is 25.3 Å². The number of aliphatic imine (C=N–C) groups is 1. The number of hydrogen-bond acceptors (Lipinski definition) is 8. The Hall–Kier alpha value is -0.610. The lowest BCUT2D eigenvalue weighted by molar-refractivity contribution is -0.144. The Morgan fingerprint density at radius 1 is 1.32 bits per heavy atom. The van der Waals surface area contributed by atoms with Crippen molar-refractivity contribution in [1.29, 1.82) is 0 Å². The maximum absolute atomic E-state index is 11.6. The van der Waals surface area contributed by atoms with Crippen molar-refractivity contribution in [3.8, 4) is 0 Å². The van der Waals surface area contributed by atoms with Gasteiger partial charge in [0.25, 0.3) is 0 Å². The van der Waals surface area contributed by atoms with E-state index in [9.17, 15) is 19.8 Å². The molecule has 0 fully saturated rings. The minimum atomic E-state index is -0.950. The molecule has 0 aromatic heterocycles. The van der Waals surface area contributed by atoms with Gasteiger partial charge in [-0.05, 0) is 19.9 Å². The first kappa shape index (κ1) is 21.4. The molecule has 3 unspecified atom stereocenters. The van der Waals surface area contributed by atoms with Gasteiger partial charge >= 0.3 is 5.97 Å². The quantitative estimate of drug-likeness (QED) is 0.270. The number of aliphatic hydroxyl groups excluding tert-OH is 2. The Balaban J connectivity index is 4.74. The second kappa shape index (κ2) is 11.0. The Labute approximate surface area is 139 Å². The molecule has 9 heteroatoms. The number of esters is 1. The van der Waals surface area contributed by atoms with Crippen LogP contribution in [0.4, 0.5) is 0 Å². The zero-order valence-electron chi connectivity index (χ0n) is 12.9. The van der Waals surface area contributed by atoms with Crippen LogP contribution in [0.15, 0.2) is 4.99 Å². The highest BCUT2D eigenvalue weighted by Gasteiger charge is 2.33. The average Bonchev–Trinajstić information content (AvgIpc) is 2.44. The Bertz CT molecular complexity index is 383. The number of amides is 1. The van der Waals surface area contributed by atoms with E-state index in [4.69, 9.17) is 10.5 Å². The monoisotopic (exact) mass is 352 g/mol. The second-order valence-electron chi connectivity index (χ2n) is 4.94. The van der Waals surface area contributed by atoms with E-state index in [1.807, 2.05) is 6.26 Å². The smallest absolute Gasteiger partial charge is 0.308 e. The van der Waals surface area contributed by atoms with Crippen LogP contribution in [0.1, 0.15) is 19.8 Å². The molecule has 22 heavy (non-hydrogen) atoms. The molecule has 1 amide bonds. The summed E-state index contributed by atoms with van der Waals surface area (Å²) in [6.07, 6.45) is -0.0666. The largest absolute Gasteiger partial charge is 0.450 e. The molecule has 0 aliphatic rings. The van der Waals surface area contributed by atoms with Crippen LogP contribution in [0.25, 0.3) is 0 Å². The maximum atomic E-state index is 11.6. The number of nitrogens with two attached hydrogens (primary N) is 1. The van der Waals surface area contributed by atoms with Crippen LogP contribution in [0.5, 0.6) is 0 Å². The van der Waals surface area contributed by atoms with E-state index >= 15 is 0 Å². The van der Waals surface area contributed by atoms with Crippen molar-refractivity contribution in [3.63, 3.8) is 0 Å². The van der Waals surface area contributed by atoms with Crippen molar-refractivity contribution in [2.75, 3.05) is 24.5 Å². The van der Waals surface area contributed by atoms with E-state index in [1.54, 1.807) is 6.92 Å². The first-order chi connectivity index (χ1) is 10.3. The lowest BCUT2D eigenvalue weighted by Gasteiger charge is -2.28. The zero-order chi connectivity index (χ0) is 17.2. The second-order valence-corrected chi connectivity index (χ2v) is 7.46. The number of ether oxygens (including phenoxy) is 1. The van der Waals surface area contributed by atoms with Crippen LogP contribution in [0.2, 0.25) is 0 Å². The van der Waals surface area contributed by atoms with Crippen LogP contribution < -0.4 is 5.73 Å². The highest BCUT2D eigenvalue weighted by atomic mass is 32.2. The Kier molecular flexibility index (Phi) is 10.7. The number of hydrogen-bond donors (Lipinski definition) is 3. The van der Waals surface area contributed by atoms with E-state index in [2.05, 4.69) is 11.7 Å². The van der Waals surface area contributed by atoms with Crippen molar-refractivity contribution in [1.82, 2.24) is 0 Å². The van der Waals surface area contributed by atoms with Crippen LogP contribution in [0, 0.1) is 0 Å². The number of nitrogens with zero attached hydrogens (tertiary/aromatic N) is 1. The summed E-state index contributed by atoms with van der Waals surface area (Å²) in [5.41, 5.74) is 5.15. The lowest BCUT2D eigenvalue weighted by Crippen LogP contribution is -2.35. The number of aliphatic hydroxyl groups is 2. The molecule has 0 heterocycles. The van der Waals surface area contributed by atoms with Crippen LogP contribution in [-0.2, 0) is 14.3 Å². The van der Waals surface area contributed by atoms with Crippen LogP contribution >= 0.6 is 23.5 Å². The zero-order valence-corrected chi connectivity index (χ0v) is 14.5. The molecule has 0 spiro atoms. The van der Waals surface area contributed by atoms with Crippen molar-refractivity contribution in [3.05, 3.63) is 0 Å². The topological polar surface area (TPSA) is 122 Å².